The zero-order chi connectivity index (χ0) is 11.3. The van der Waals surface area contributed by atoms with Crippen LogP contribution in [-0.2, 0) is 14.8 Å². The number of ether oxygens (including phenoxy) is 1. The van der Waals surface area contributed by atoms with Crippen molar-refractivity contribution in [2.45, 2.75) is 37.1 Å². The minimum Gasteiger partial charge on any atom is -0.381 e. The molecule has 0 bridgehead atoms. The van der Waals surface area contributed by atoms with Crippen molar-refractivity contribution in [2.75, 3.05) is 19.0 Å². The van der Waals surface area contributed by atoms with E-state index in [0.29, 0.717) is 6.61 Å². The summed E-state index contributed by atoms with van der Waals surface area (Å²) in [6.45, 7) is 2.68. The van der Waals surface area contributed by atoms with E-state index in [4.69, 9.17) is 4.74 Å². The number of rotatable bonds is 6. The first-order valence-electron chi connectivity index (χ1n) is 5.27. The highest BCUT2D eigenvalue weighted by Gasteiger charge is 2.28. The third-order valence-corrected chi connectivity index (χ3v) is 4.93. The summed E-state index contributed by atoms with van der Waals surface area (Å²) in [5.74, 6) is 0.0526. The van der Waals surface area contributed by atoms with Crippen LogP contribution in [-0.4, -0.2) is 38.3 Å². The lowest BCUT2D eigenvalue weighted by Crippen LogP contribution is -2.39. The Kier molecular flexibility index (Phi) is 5.52. The topological polar surface area (TPSA) is 55.4 Å². The smallest absolute Gasteiger partial charge is 0.214 e. The van der Waals surface area contributed by atoms with Gasteiger partial charge in [0, 0.05) is 17.5 Å². The first-order chi connectivity index (χ1) is 7.05. The predicted octanol–water partition coefficient (Wildman–Crippen LogP) is 1.26. The number of alkyl halides is 1. The molecule has 4 nitrogen and oxygen atoms in total. The molecule has 0 spiro atoms. The normalized spacial score (nSPS) is 27.1. The molecule has 15 heavy (non-hydrogen) atoms. The summed E-state index contributed by atoms with van der Waals surface area (Å²) >= 11 is 3.48. The summed E-state index contributed by atoms with van der Waals surface area (Å²) < 4.78 is 30.9. The van der Waals surface area contributed by atoms with Crippen LogP contribution in [0, 0.1) is 0 Å². The fourth-order valence-corrected chi connectivity index (χ4v) is 3.74. The molecule has 0 aromatic heterocycles. The molecule has 1 N–H and O–H groups in total. The van der Waals surface area contributed by atoms with E-state index < -0.39 is 10.0 Å². The Morgan fingerprint density at radius 1 is 1.47 bits per heavy atom. The van der Waals surface area contributed by atoms with E-state index in [2.05, 4.69) is 20.7 Å². The Morgan fingerprint density at radius 2 is 2.20 bits per heavy atom. The average Bonchev–Trinajstić information content (AvgIpc) is 2.51. The van der Waals surface area contributed by atoms with Crippen LogP contribution >= 0.6 is 15.9 Å². The van der Waals surface area contributed by atoms with Gasteiger partial charge in [0.1, 0.15) is 0 Å². The van der Waals surface area contributed by atoms with E-state index in [1.165, 1.54) is 0 Å². The molecule has 1 aliphatic rings. The Bertz CT molecular complexity index is 281. The first-order valence-corrected chi connectivity index (χ1v) is 7.84. The van der Waals surface area contributed by atoms with Crippen molar-refractivity contribution in [3.05, 3.63) is 0 Å². The van der Waals surface area contributed by atoms with Crippen LogP contribution in [0.4, 0.5) is 0 Å². The van der Waals surface area contributed by atoms with Crippen molar-refractivity contribution in [3.63, 3.8) is 0 Å². The molecule has 2 unspecified atom stereocenters. The fourth-order valence-electron chi connectivity index (χ4n) is 1.65. The zero-order valence-electron chi connectivity index (χ0n) is 8.91. The van der Waals surface area contributed by atoms with Gasteiger partial charge in [0.15, 0.2) is 0 Å². The Hall–Kier alpha value is 0.350. The summed E-state index contributed by atoms with van der Waals surface area (Å²) in [6.07, 6.45) is 3.04. The summed E-state index contributed by atoms with van der Waals surface area (Å²) in [6, 6.07) is 0.0524. The molecule has 1 saturated carbocycles. The Balaban J connectivity index is 2.35. The van der Waals surface area contributed by atoms with Crippen molar-refractivity contribution in [1.29, 1.82) is 0 Å². The van der Waals surface area contributed by atoms with Crippen LogP contribution in [0.3, 0.4) is 0 Å². The SMILES string of the molecule is CCOCCS(=O)(=O)NC1CCCC1Br. The molecule has 0 aliphatic heterocycles. The second-order valence-corrected chi connectivity index (χ2v) is 6.74. The number of hydrogen-bond donors (Lipinski definition) is 1. The third-order valence-electron chi connectivity index (χ3n) is 2.46. The van der Waals surface area contributed by atoms with Crippen molar-refractivity contribution in [3.8, 4) is 0 Å². The lowest BCUT2D eigenvalue weighted by molar-refractivity contribution is 0.163. The minimum absolute atomic E-state index is 0.0524. The second-order valence-electron chi connectivity index (χ2n) is 3.69. The van der Waals surface area contributed by atoms with E-state index in [9.17, 15) is 8.42 Å². The number of nitrogens with one attached hydrogen (secondary N) is 1. The summed E-state index contributed by atoms with van der Waals surface area (Å²) in [7, 11) is -3.18. The molecule has 0 aromatic rings. The maximum atomic E-state index is 11.6. The zero-order valence-corrected chi connectivity index (χ0v) is 11.3. The average molecular weight is 300 g/mol. The summed E-state index contributed by atoms with van der Waals surface area (Å²) in [5, 5.41) is 0. The van der Waals surface area contributed by atoms with Gasteiger partial charge in [-0.25, -0.2) is 13.1 Å². The van der Waals surface area contributed by atoms with Crippen molar-refractivity contribution in [2.24, 2.45) is 0 Å². The van der Waals surface area contributed by atoms with Crippen molar-refractivity contribution < 1.29 is 13.2 Å². The molecule has 0 saturated heterocycles. The Morgan fingerprint density at radius 3 is 2.73 bits per heavy atom. The van der Waals surface area contributed by atoms with Gasteiger partial charge in [0.25, 0.3) is 0 Å². The third kappa shape index (κ3) is 4.80. The highest BCUT2D eigenvalue weighted by molar-refractivity contribution is 9.09. The van der Waals surface area contributed by atoms with E-state index in [1.807, 2.05) is 6.92 Å². The molecule has 0 radical (unpaired) electrons. The van der Waals surface area contributed by atoms with Gasteiger partial charge in [-0.2, -0.15) is 0 Å². The van der Waals surface area contributed by atoms with Crippen molar-refractivity contribution >= 4 is 26.0 Å². The van der Waals surface area contributed by atoms with Gasteiger partial charge in [-0.15, -0.1) is 0 Å². The maximum Gasteiger partial charge on any atom is 0.214 e. The minimum atomic E-state index is -3.18. The largest absolute Gasteiger partial charge is 0.381 e. The van der Waals surface area contributed by atoms with Gasteiger partial charge in [0.2, 0.25) is 10.0 Å². The molecule has 1 fully saturated rings. The van der Waals surface area contributed by atoms with Crippen LogP contribution in [0.5, 0.6) is 0 Å². The van der Waals surface area contributed by atoms with E-state index in [0.717, 1.165) is 19.3 Å². The van der Waals surface area contributed by atoms with E-state index in [1.54, 1.807) is 0 Å². The molecule has 6 heteroatoms. The predicted molar refractivity (Wildman–Crippen MR) is 63.8 cm³/mol. The van der Waals surface area contributed by atoms with E-state index >= 15 is 0 Å². The van der Waals surface area contributed by atoms with Crippen LogP contribution in [0.2, 0.25) is 0 Å². The summed E-state index contributed by atoms with van der Waals surface area (Å²) in [5.41, 5.74) is 0. The van der Waals surface area contributed by atoms with Gasteiger partial charge in [-0.3, -0.25) is 0 Å². The lowest BCUT2D eigenvalue weighted by atomic mass is 10.3. The van der Waals surface area contributed by atoms with E-state index in [-0.39, 0.29) is 23.2 Å². The standard InChI is InChI=1S/C9H18BrNO3S/c1-2-14-6-7-15(12,13)11-9-5-3-4-8(9)10/h8-9,11H,2-7H2,1H3. The molecular weight excluding hydrogens is 282 g/mol. The molecule has 2 atom stereocenters. The van der Waals surface area contributed by atoms with Crippen LogP contribution in [0.15, 0.2) is 0 Å². The molecule has 0 aromatic carbocycles. The van der Waals surface area contributed by atoms with Crippen LogP contribution in [0.25, 0.3) is 0 Å². The molecule has 1 rings (SSSR count). The van der Waals surface area contributed by atoms with Crippen molar-refractivity contribution in [1.82, 2.24) is 4.72 Å². The molecule has 0 amide bonds. The molecule has 1 aliphatic carbocycles. The number of halogens is 1. The maximum absolute atomic E-state index is 11.6. The second kappa shape index (κ2) is 6.18. The summed E-state index contributed by atoms with van der Waals surface area (Å²) in [4.78, 5) is 0.277. The first kappa shape index (κ1) is 13.4. The fraction of sp³-hybridized carbons (Fsp3) is 1.00. The molecule has 90 valence electrons. The van der Waals surface area contributed by atoms with Crippen LogP contribution in [0.1, 0.15) is 26.2 Å². The highest BCUT2D eigenvalue weighted by Crippen LogP contribution is 2.25. The quantitative estimate of drug-likeness (QED) is 0.593. The lowest BCUT2D eigenvalue weighted by Gasteiger charge is -2.16. The van der Waals surface area contributed by atoms with Gasteiger partial charge in [-0.05, 0) is 19.8 Å². The van der Waals surface area contributed by atoms with Crippen LogP contribution < -0.4 is 4.72 Å². The molecule has 0 heterocycles. The van der Waals surface area contributed by atoms with Gasteiger partial charge >= 0.3 is 0 Å². The van der Waals surface area contributed by atoms with Gasteiger partial charge in [0.05, 0.1) is 12.4 Å². The monoisotopic (exact) mass is 299 g/mol. The Labute approximate surface area is 99.9 Å². The number of hydrogen-bond acceptors (Lipinski definition) is 3. The number of sulfonamides is 1. The van der Waals surface area contributed by atoms with Gasteiger partial charge < -0.3 is 4.74 Å². The molecular formula is C9H18BrNO3S. The van der Waals surface area contributed by atoms with Gasteiger partial charge in [-0.1, -0.05) is 22.4 Å². The highest BCUT2D eigenvalue weighted by atomic mass is 79.9.